The van der Waals surface area contributed by atoms with E-state index in [1.807, 2.05) is 13.8 Å². The summed E-state index contributed by atoms with van der Waals surface area (Å²) in [5.41, 5.74) is 1.73. The second-order valence-electron chi connectivity index (χ2n) is 7.36. The average Bonchev–Trinajstić information content (AvgIpc) is 3.23. The Morgan fingerprint density at radius 2 is 2.11 bits per heavy atom. The van der Waals surface area contributed by atoms with E-state index in [-0.39, 0.29) is 23.5 Å². The summed E-state index contributed by atoms with van der Waals surface area (Å²) >= 11 is 1.35. The van der Waals surface area contributed by atoms with Crippen molar-refractivity contribution in [3.8, 4) is 11.3 Å². The summed E-state index contributed by atoms with van der Waals surface area (Å²) < 4.78 is 15.3. The van der Waals surface area contributed by atoms with Gasteiger partial charge in [0.25, 0.3) is 5.91 Å². The zero-order valence-electron chi connectivity index (χ0n) is 15.9. The van der Waals surface area contributed by atoms with Crippen LogP contribution in [0.5, 0.6) is 0 Å². The molecule has 0 aliphatic carbocycles. The number of benzene rings is 1. The number of hydrogen-bond acceptors (Lipinski definition) is 4. The van der Waals surface area contributed by atoms with Crippen LogP contribution in [0.4, 0.5) is 4.39 Å². The number of hydrogen-bond donors (Lipinski definition) is 0. The van der Waals surface area contributed by atoms with Crippen LogP contribution >= 0.6 is 11.3 Å². The van der Waals surface area contributed by atoms with Gasteiger partial charge in [-0.25, -0.2) is 9.37 Å². The summed E-state index contributed by atoms with van der Waals surface area (Å²) in [6.07, 6.45) is 1.75. The normalized spacial score (nSPS) is 17.8. The topological polar surface area (TPSA) is 57.9 Å². The smallest absolute Gasteiger partial charge is 0.272 e. The number of likely N-dealkylation sites (N-methyl/N-ethyl adjacent to an activating group) is 1. The lowest BCUT2D eigenvalue weighted by atomic mass is 9.98. The van der Waals surface area contributed by atoms with Crippen LogP contribution in [0.25, 0.3) is 16.2 Å². The Morgan fingerprint density at radius 1 is 1.32 bits per heavy atom. The van der Waals surface area contributed by atoms with Crippen molar-refractivity contribution in [2.75, 3.05) is 20.1 Å². The fraction of sp³-hybridized carbons (Fsp3) is 0.350. The van der Waals surface area contributed by atoms with Crippen LogP contribution in [-0.2, 0) is 4.79 Å². The van der Waals surface area contributed by atoms with Gasteiger partial charge < -0.3 is 9.80 Å². The largest absolute Gasteiger partial charge is 0.342 e. The van der Waals surface area contributed by atoms with Crippen molar-refractivity contribution in [2.24, 2.45) is 5.92 Å². The monoisotopic (exact) mass is 400 g/mol. The highest BCUT2D eigenvalue weighted by Crippen LogP contribution is 2.27. The molecule has 0 saturated carbocycles. The molecule has 6 nitrogen and oxygen atoms in total. The molecule has 3 aromatic rings. The van der Waals surface area contributed by atoms with Crippen LogP contribution in [0.3, 0.4) is 0 Å². The molecular formula is C20H21FN4O2S. The minimum Gasteiger partial charge on any atom is -0.342 e. The van der Waals surface area contributed by atoms with Crippen molar-refractivity contribution in [3.05, 3.63) is 47.4 Å². The fourth-order valence-corrected chi connectivity index (χ4v) is 4.46. The van der Waals surface area contributed by atoms with Crippen molar-refractivity contribution < 1.29 is 14.0 Å². The van der Waals surface area contributed by atoms with Gasteiger partial charge in [-0.05, 0) is 18.1 Å². The van der Waals surface area contributed by atoms with E-state index in [4.69, 9.17) is 0 Å². The lowest BCUT2D eigenvalue weighted by molar-refractivity contribution is -0.140. The number of halogens is 1. The first-order valence-corrected chi connectivity index (χ1v) is 10.0. The molecule has 0 N–H and O–H groups in total. The van der Waals surface area contributed by atoms with Gasteiger partial charge >= 0.3 is 0 Å². The van der Waals surface area contributed by atoms with Crippen LogP contribution in [0.15, 0.2) is 35.8 Å². The number of nitrogens with zero attached hydrogens (tertiary/aromatic N) is 4. The van der Waals surface area contributed by atoms with Crippen LogP contribution in [0, 0.1) is 11.7 Å². The lowest BCUT2D eigenvalue weighted by Crippen LogP contribution is -2.59. The third-order valence-corrected chi connectivity index (χ3v) is 5.92. The van der Waals surface area contributed by atoms with E-state index in [1.54, 1.807) is 45.0 Å². The number of fused-ring (bicyclic) bond motifs is 1. The molecule has 2 amide bonds. The van der Waals surface area contributed by atoms with Gasteiger partial charge in [-0.2, -0.15) is 0 Å². The SMILES string of the molecule is CC(C)[C@@H]1C(=O)N(C)CCN1C(=O)c1csc2nc(-c3cccc(F)c3)cn12. The second-order valence-corrected chi connectivity index (χ2v) is 8.19. The summed E-state index contributed by atoms with van der Waals surface area (Å²) in [7, 11) is 1.77. The number of amides is 2. The van der Waals surface area contributed by atoms with Gasteiger partial charge in [0.1, 0.15) is 17.6 Å². The molecule has 3 heterocycles. The Morgan fingerprint density at radius 3 is 2.82 bits per heavy atom. The standard InChI is InChI=1S/C20H21FN4O2S/c1-12(2)17-19(27)23(3)7-8-24(17)18(26)16-11-28-20-22-15(10-25(16)20)13-5-4-6-14(21)9-13/h4-6,9-12,17H,7-8H2,1-3H3/t17-/m1/s1. The van der Waals surface area contributed by atoms with Crippen molar-refractivity contribution in [1.29, 1.82) is 0 Å². The fourth-order valence-electron chi connectivity index (χ4n) is 3.61. The van der Waals surface area contributed by atoms with Gasteiger partial charge in [-0.3, -0.25) is 14.0 Å². The molecule has 1 fully saturated rings. The molecule has 8 heteroatoms. The highest BCUT2D eigenvalue weighted by atomic mass is 32.1. The third kappa shape index (κ3) is 3.07. The van der Waals surface area contributed by atoms with E-state index < -0.39 is 6.04 Å². The summed E-state index contributed by atoms with van der Waals surface area (Å²) in [5.74, 6) is -0.540. The molecule has 1 saturated heterocycles. The highest BCUT2D eigenvalue weighted by Gasteiger charge is 2.39. The van der Waals surface area contributed by atoms with E-state index in [2.05, 4.69) is 4.98 Å². The second kappa shape index (κ2) is 7.01. The maximum atomic E-state index is 13.5. The van der Waals surface area contributed by atoms with Gasteiger partial charge in [0, 0.05) is 37.3 Å². The highest BCUT2D eigenvalue weighted by molar-refractivity contribution is 7.15. The van der Waals surface area contributed by atoms with E-state index in [1.165, 1.54) is 23.5 Å². The van der Waals surface area contributed by atoms with Gasteiger partial charge in [-0.1, -0.05) is 26.0 Å². The molecule has 28 heavy (non-hydrogen) atoms. The zero-order valence-corrected chi connectivity index (χ0v) is 16.7. The molecule has 1 atom stereocenters. The van der Waals surface area contributed by atoms with Crippen molar-refractivity contribution in [1.82, 2.24) is 19.2 Å². The summed E-state index contributed by atoms with van der Waals surface area (Å²) in [4.78, 5) is 34.4. The molecule has 1 aliphatic heterocycles. The molecule has 1 aromatic carbocycles. The maximum Gasteiger partial charge on any atom is 0.272 e. The molecule has 1 aliphatic rings. The van der Waals surface area contributed by atoms with Gasteiger partial charge in [0.05, 0.1) is 5.69 Å². The quantitative estimate of drug-likeness (QED) is 0.679. The van der Waals surface area contributed by atoms with Crippen molar-refractivity contribution >= 4 is 28.1 Å². The maximum absolute atomic E-state index is 13.5. The van der Waals surface area contributed by atoms with Crippen molar-refractivity contribution in [3.63, 3.8) is 0 Å². The predicted molar refractivity (Wildman–Crippen MR) is 106 cm³/mol. The molecule has 0 radical (unpaired) electrons. The number of piperazine rings is 1. The zero-order chi connectivity index (χ0) is 20.0. The first-order valence-electron chi connectivity index (χ1n) is 9.15. The van der Waals surface area contributed by atoms with Crippen LogP contribution in [0.1, 0.15) is 24.3 Å². The van der Waals surface area contributed by atoms with Gasteiger partial charge in [0.2, 0.25) is 5.91 Å². The minimum absolute atomic E-state index is 0.0129. The molecule has 146 valence electrons. The van der Waals surface area contributed by atoms with E-state index in [0.717, 1.165) is 0 Å². The van der Waals surface area contributed by atoms with E-state index in [9.17, 15) is 14.0 Å². The van der Waals surface area contributed by atoms with Crippen molar-refractivity contribution in [2.45, 2.75) is 19.9 Å². The van der Waals surface area contributed by atoms with Crippen LogP contribution in [-0.4, -0.2) is 57.2 Å². The number of imidazole rings is 1. The van der Waals surface area contributed by atoms with Gasteiger partial charge in [0.15, 0.2) is 4.96 Å². The number of aromatic nitrogens is 2. The Bertz CT molecular complexity index is 1060. The molecule has 0 bridgehead atoms. The van der Waals surface area contributed by atoms with Gasteiger partial charge in [-0.15, -0.1) is 11.3 Å². The Labute approximate surface area is 166 Å². The summed E-state index contributed by atoms with van der Waals surface area (Å²) in [5, 5.41) is 1.76. The number of rotatable bonds is 3. The lowest BCUT2D eigenvalue weighted by Gasteiger charge is -2.40. The molecule has 0 spiro atoms. The average molecular weight is 400 g/mol. The number of thiazole rings is 1. The Balaban J connectivity index is 1.70. The number of carbonyl (C=O) groups excluding carboxylic acids is 2. The predicted octanol–water partition coefficient (Wildman–Crippen LogP) is 3.14. The Hall–Kier alpha value is -2.74. The molecule has 4 rings (SSSR count). The first kappa shape index (κ1) is 18.6. The Kier molecular flexibility index (Phi) is 4.66. The third-order valence-electron chi connectivity index (χ3n) is 5.08. The summed E-state index contributed by atoms with van der Waals surface area (Å²) in [6, 6.07) is 5.74. The summed E-state index contributed by atoms with van der Waals surface area (Å²) in [6.45, 7) is 4.90. The van der Waals surface area contributed by atoms with E-state index >= 15 is 0 Å². The van der Waals surface area contributed by atoms with Crippen LogP contribution in [0.2, 0.25) is 0 Å². The minimum atomic E-state index is -0.479. The molecule has 2 aromatic heterocycles. The van der Waals surface area contributed by atoms with E-state index in [0.29, 0.717) is 35.0 Å². The van der Waals surface area contributed by atoms with Crippen LogP contribution < -0.4 is 0 Å². The first-order chi connectivity index (χ1) is 13.4. The molecule has 0 unspecified atom stereocenters. The number of carbonyl (C=O) groups is 2. The molecular weight excluding hydrogens is 379 g/mol.